The van der Waals surface area contributed by atoms with Gasteiger partial charge in [-0.3, -0.25) is 4.90 Å². The smallest absolute Gasteiger partial charge is 0.123 e. The third kappa shape index (κ3) is 3.28. The first-order chi connectivity index (χ1) is 10.2. The summed E-state index contributed by atoms with van der Waals surface area (Å²) >= 11 is 0. The van der Waals surface area contributed by atoms with Crippen LogP contribution in [0.25, 0.3) is 0 Å². The molecule has 0 amide bonds. The van der Waals surface area contributed by atoms with Gasteiger partial charge in [-0.15, -0.1) is 0 Å². The lowest BCUT2D eigenvalue weighted by Crippen LogP contribution is -2.56. The molecule has 2 fully saturated rings. The summed E-state index contributed by atoms with van der Waals surface area (Å²) in [6.45, 7) is 4.56. The van der Waals surface area contributed by atoms with Gasteiger partial charge in [-0.1, -0.05) is 12.1 Å². The highest BCUT2D eigenvalue weighted by Gasteiger charge is 2.45. The summed E-state index contributed by atoms with van der Waals surface area (Å²) in [4.78, 5) is 2.46. The molecule has 3 rings (SSSR count). The van der Waals surface area contributed by atoms with Crippen LogP contribution < -0.4 is 0 Å². The fraction of sp³-hybridized carbons (Fsp3) is 0.647. The molecule has 3 nitrogen and oxygen atoms in total. The van der Waals surface area contributed by atoms with Gasteiger partial charge in [0.25, 0.3) is 0 Å². The Kier molecular flexibility index (Phi) is 4.57. The molecule has 116 valence electrons. The van der Waals surface area contributed by atoms with Crippen LogP contribution in [0.5, 0.6) is 0 Å². The first kappa shape index (κ1) is 14.9. The van der Waals surface area contributed by atoms with Gasteiger partial charge in [-0.2, -0.15) is 0 Å². The fourth-order valence-electron chi connectivity index (χ4n) is 3.86. The predicted octanol–water partition coefficient (Wildman–Crippen LogP) is 2.84. The number of piperidine rings is 1. The van der Waals surface area contributed by atoms with Crippen LogP contribution in [0.15, 0.2) is 24.3 Å². The zero-order valence-electron chi connectivity index (χ0n) is 12.7. The van der Waals surface area contributed by atoms with E-state index in [-0.39, 0.29) is 11.2 Å². The molecule has 21 heavy (non-hydrogen) atoms. The summed E-state index contributed by atoms with van der Waals surface area (Å²) in [5.41, 5.74) is 1.30. The molecular formula is C17H24FNO2. The second kappa shape index (κ2) is 6.42. The largest absolute Gasteiger partial charge is 0.384 e. The number of ether oxygens (including phenoxy) is 2. The van der Waals surface area contributed by atoms with Crippen LogP contribution in [0.3, 0.4) is 0 Å². The second-order valence-electron chi connectivity index (χ2n) is 6.38. The highest BCUT2D eigenvalue weighted by Crippen LogP contribution is 2.40. The second-order valence-corrected chi connectivity index (χ2v) is 6.38. The molecule has 0 N–H and O–H groups in total. The molecule has 2 heterocycles. The van der Waals surface area contributed by atoms with E-state index in [1.807, 2.05) is 12.1 Å². The molecule has 1 aromatic rings. The maximum Gasteiger partial charge on any atom is 0.123 e. The normalized spacial score (nSPS) is 30.1. The number of likely N-dealkylation sites (tertiary alicyclic amines) is 1. The van der Waals surface area contributed by atoms with Crippen LogP contribution in [0.2, 0.25) is 0 Å². The van der Waals surface area contributed by atoms with E-state index in [9.17, 15) is 4.39 Å². The third-order valence-corrected chi connectivity index (χ3v) is 4.82. The van der Waals surface area contributed by atoms with Crippen LogP contribution in [-0.2, 0) is 16.0 Å². The van der Waals surface area contributed by atoms with E-state index in [1.54, 1.807) is 7.11 Å². The average Bonchev–Trinajstić information content (AvgIpc) is 2.49. The summed E-state index contributed by atoms with van der Waals surface area (Å²) < 4.78 is 24.5. The SMILES string of the molecule is COCC12CCCOC1CCN(Cc1ccc(F)cc1)C2. The predicted molar refractivity (Wildman–Crippen MR) is 79.6 cm³/mol. The van der Waals surface area contributed by atoms with Gasteiger partial charge < -0.3 is 9.47 Å². The van der Waals surface area contributed by atoms with Crippen molar-refractivity contribution >= 4 is 0 Å². The summed E-state index contributed by atoms with van der Waals surface area (Å²) in [6.07, 6.45) is 3.68. The molecule has 0 aliphatic carbocycles. The maximum atomic E-state index is 13.0. The molecule has 0 spiro atoms. The van der Waals surface area contributed by atoms with Crippen LogP contribution in [0.1, 0.15) is 24.8 Å². The molecule has 4 heteroatoms. The van der Waals surface area contributed by atoms with Crippen molar-refractivity contribution in [1.29, 1.82) is 0 Å². The Hall–Kier alpha value is -0.970. The minimum Gasteiger partial charge on any atom is -0.384 e. The van der Waals surface area contributed by atoms with E-state index in [2.05, 4.69) is 4.90 Å². The minimum absolute atomic E-state index is 0.130. The number of fused-ring (bicyclic) bond motifs is 1. The zero-order valence-corrected chi connectivity index (χ0v) is 12.7. The summed E-state index contributed by atoms with van der Waals surface area (Å²) in [6, 6.07) is 6.83. The fourth-order valence-corrected chi connectivity index (χ4v) is 3.86. The standard InChI is InChI=1S/C17H24FNO2/c1-20-13-17-8-2-10-21-16(17)7-9-19(12-17)11-14-3-5-15(18)6-4-14/h3-6,16H,2,7-13H2,1H3. The topological polar surface area (TPSA) is 21.7 Å². The van der Waals surface area contributed by atoms with E-state index >= 15 is 0 Å². The van der Waals surface area contributed by atoms with Gasteiger partial charge in [0, 0.05) is 38.8 Å². The van der Waals surface area contributed by atoms with Gasteiger partial charge in [0.1, 0.15) is 5.82 Å². The van der Waals surface area contributed by atoms with E-state index in [0.717, 1.165) is 45.7 Å². The Morgan fingerprint density at radius 1 is 1.38 bits per heavy atom. The lowest BCUT2D eigenvalue weighted by molar-refractivity contribution is -0.149. The van der Waals surface area contributed by atoms with Crippen LogP contribution in [0, 0.1) is 11.2 Å². The van der Waals surface area contributed by atoms with Gasteiger partial charge in [-0.25, -0.2) is 4.39 Å². The first-order valence-corrected chi connectivity index (χ1v) is 7.79. The van der Waals surface area contributed by atoms with E-state index in [4.69, 9.17) is 9.47 Å². The Balaban J connectivity index is 1.69. The average molecular weight is 293 g/mol. The molecule has 1 aromatic carbocycles. The molecule has 2 atom stereocenters. The molecule has 2 aliphatic heterocycles. The zero-order chi connectivity index (χ0) is 14.7. The van der Waals surface area contributed by atoms with Crippen molar-refractivity contribution in [3.8, 4) is 0 Å². The van der Waals surface area contributed by atoms with Crippen molar-refractivity contribution in [3.63, 3.8) is 0 Å². The molecular weight excluding hydrogens is 269 g/mol. The Labute approximate surface area is 126 Å². The minimum atomic E-state index is -0.172. The highest BCUT2D eigenvalue weighted by atomic mass is 19.1. The van der Waals surface area contributed by atoms with Crippen molar-refractivity contribution in [2.75, 3.05) is 33.4 Å². The van der Waals surface area contributed by atoms with Gasteiger partial charge >= 0.3 is 0 Å². The lowest BCUT2D eigenvalue weighted by atomic mass is 9.73. The van der Waals surface area contributed by atoms with E-state index in [0.29, 0.717) is 6.10 Å². The Bertz CT molecular complexity index is 460. The van der Waals surface area contributed by atoms with Crippen LogP contribution >= 0.6 is 0 Å². The number of benzene rings is 1. The van der Waals surface area contributed by atoms with Crippen molar-refractivity contribution in [3.05, 3.63) is 35.6 Å². The highest BCUT2D eigenvalue weighted by molar-refractivity contribution is 5.16. The van der Waals surface area contributed by atoms with Crippen LogP contribution in [0.4, 0.5) is 4.39 Å². The summed E-state index contributed by atoms with van der Waals surface area (Å²) in [5.74, 6) is -0.172. The molecule has 2 saturated heterocycles. The van der Waals surface area contributed by atoms with Crippen molar-refractivity contribution in [2.45, 2.75) is 31.9 Å². The number of nitrogens with zero attached hydrogens (tertiary/aromatic N) is 1. The monoisotopic (exact) mass is 293 g/mol. The quantitative estimate of drug-likeness (QED) is 0.852. The molecule has 2 aliphatic rings. The Morgan fingerprint density at radius 2 is 2.19 bits per heavy atom. The van der Waals surface area contributed by atoms with Crippen LogP contribution in [-0.4, -0.2) is 44.4 Å². The Morgan fingerprint density at radius 3 is 2.95 bits per heavy atom. The maximum absolute atomic E-state index is 13.0. The molecule has 0 radical (unpaired) electrons. The van der Waals surface area contributed by atoms with Gasteiger partial charge in [0.15, 0.2) is 0 Å². The van der Waals surface area contributed by atoms with Crippen molar-refractivity contribution in [2.24, 2.45) is 5.41 Å². The molecule has 0 aromatic heterocycles. The molecule has 0 bridgehead atoms. The van der Waals surface area contributed by atoms with E-state index in [1.165, 1.54) is 24.1 Å². The van der Waals surface area contributed by atoms with E-state index < -0.39 is 0 Å². The third-order valence-electron chi connectivity index (χ3n) is 4.82. The first-order valence-electron chi connectivity index (χ1n) is 7.79. The van der Waals surface area contributed by atoms with Crippen molar-refractivity contribution < 1.29 is 13.9 Å². The van der Waals surface area contributed by atoms with Crippen molar-refractivity contribution in [1.82, 2.24) is 4.90 Å². The lowest BCUT2D eigenvalue weighted by Gasteiger charge is -2.50. The van der Waals surface area contributed by atoms with Gasteiger partial charge in [-0.05, 0) is 37.0 Å². The number of hydrogen-bond acceptors (Lipinski definition) is 3. The van der Waals surface area contributed by atoms with Gasteiger partial charge in [0.2, 0.25) is 0 Å². The summed E-state index contributed by atoms with van der Waals surface area (Å²) in [5, 5.41) is 0. The molecule has 2 unspecified atom stereocenters. The number of rotatable bonds is 4. The summed E-state index contributed by atoms with van der Waals surface area (Å²) in [7, 11) is 1.78. The molecule has 0 saturated carbocycles. The number of halogens is 1. The van der Waals surface area contributed by atoms with Gasteiger partial charge in [0.05, 0.1) is 12.7 Å². The number of hydrogen-bond donors (Lipinski definition) is 0. The number of methoxy groups -OCH3 is 1.